The van der Waals surface area contributed by atoms with Gasteiger partial charge in [-0.25, -0.2) is 4.79 Å². The molecule has 0 heterocycles. The predicted octanol–water partition coefficient (Wildman–Crippen LogP) is 1.98. The van der Waals surface area contributed by atoms with Crippen molar-refractivity contribution in [1.29, 1.82) is 0 Å². The molecule has 0 aliphatic heterocycles. The van der Waals surface area contributed by atoms with E-state index in [0.29, 0.717) is 0 Å². The van der Waals surface area contributed by atoms with Crippen molar-refractivity contribution in [3.8, 4) is 0 Å². The van der Waals surface area contributed by atoms with Crippen molar-refractivity contribution < 1.29 is 37.1 Å². The van der Waals surface area contributed by atoms with Gasteiger partial charge in [-0.3, -0.25) is 14.4 Å². The highest BCUT2D eigenvalue weighted by atomic mass is 36.0. The van der Waals surface area contributed by atoms with Crippen molar-refractivity contribution in [2.75, 3.05) is 14.2 Å². The standard InChI is InChI=1S/C7H9ClO3.C7H10O3.Cl2O2S/c1-11-7(10)5(8)6(9)4-2-3-4;1-10-7(9)4-6(8)5-2-3-5;1-5(2,3)4/h4-5H,2-3H2,1H3;5H,2-4H2,1H3;. The van der Waals surface area contributed by atoms with Crippen LogP contribution < -0.4 is 0 Å². The second-order valence-electron chi connectivity index (χ2n) is 5.43. The van der Waals surface area contributed by atoms with Crippen LogP contribution >= 0.6 is 33.0 Å². The Morgan fingerprint density at radius 1 is 0.962 bits per heavy atom. The number of ether oxygens (including phenoxy) is 2. The Hall–Kier alpha value is -0.900. The summed E-state index contributed by atoms with van der Waals surface area (Å²) in [4.78, 5) is 43.2. The quantitative estimate of drug-likeness (QED) is 0.259. The molecule has 0 aromatic carbocycles. The Labute approximate surface area is 165 Å². The number of carbonyl (C=O) groups excluding carboxylic acids is 4. The molecule has 8 nitrogen and oxygen atoms in total. The Kier molecular flexibility index (Phi) is 11.3. The van der Waals surface area contributed by atoms with Gasteiger partial charge in [-0.05, 0) is 25.7 Å². The van der Waals surface area contributed by atoms with E-state index >= 15 is 0 Å². The monoisotopic (exact) mass is 452 g/mol. The number of ketones is 2. The van der Waals surface area contributed by atoms with Crippen molar-refractivity contribution in [1.82, 2.24) is 0 Å². The third-order valence-electron chi connectivity index (χ3n) is 3.22. The Morgan fingerprint density at radius 3 is 1.69 bits per heavy atom. The van der Waals surface area contributed by atoms with Crippen LogP contribution in [0.4, 0.5) is 0 Å². The van der Waals surface area contributed by atoms with Crippen molar-refractivity contribution >= 4 is 64.7 Å². The van der Waals surface area contributed by atoms with Gasteiger partial charge in [0.05, 0.1) is 14.2 Å². The minimum atomic E-state index is -3.72. The van der Waals surface area contributed by atoms with Gasteiger partial charge in [-0.1, -0.05) is 0 Å². The maximum absolute atomic E-state index is 11.1. The van der Waals surface area contributed by atoms with Crippen LogP contribution in [-0.2, 0) is 36.9 Å². The lowest BCUT2D eigenvalue weighted by molar-refractivity contribution is -0.144. The second-order valence-corrected chi connectivity index (χ2v) is 9.54. The Bertz CT molecular complexity index is 618. The molecular weight excluding hydrogens is 435 g/mol. The third-order valence-corrected chi connectivity index (χ3v) is 3.61. The molecule has 0 N–H and O–H groups in total. The van der Waals surface area contributed by atoms with Gasteiger partial charge in [0, 0.05) is 33.2 Å². The second kappa shape index (κ2) is 11.7. The van der Waals surface area contributed by atoms with E-state index < -0.39 is 25.6 Å². The molecule has 2 saturated carbocycles. The molecular formula is C14H19Cl3O8S. The summed E-state index contributed by atoms with van der Waals surface area (Å²) in [5, 5.41) is -1.09. The summed E-state index contributed by atoms with van der Waals surface area (Å²) in [7, 11) is 7.33. The van der Waals surface area contributed by atoms with E-state index in [4.69, 9.17) is 20.0 Å². The zero-order valence-corrected chi connectivity index (χ0v) is 17.2. The molecule has 0 aromatic rings. The van der Waals surface area contributed by atoms with Gasteiger partial charge < -0.3 is 9.47 Å². The molecule has 0 amide bonds. The van der Waals surface area contributed by atoms with Crippen molar-refractivity contribution in [2.45, 2.75) is 37.5 Å². The summed E-state index contributed by atoms with van der Waals surface area (Å²) in [6.45, 7) is 0. The number of hydrogen-bond donors (Lipinski definition) is 0. The number of esters is 2. The molecule has 1 unspecified atom stereocenters. The number of alkyl halides is 1. The van der Waals surface area contributed by atoms with Gasteiger partial charge in [0.15, 0.2) is 11.2 Å². The summed E-state index contributed by atoms with van der Waals surface area (Å²) >= 11 is 5.49. The van der Waals surface area contributed by atoms with E-state index in [-0.39, 0.29) is 29.8 Å². The van der Waals surface area contributed by atoms with E-state index in [1.165, 1.54) is 14.2 Å². The third kappa shape index (κ3) is 13.3. The molecule has 2 aliphatic carbocycles. The number of rotatable bonds is 6. The molecule has 0 spiro atoms. The number of halogens is 3. The van der Waals surface area contributed by atoms with E-state index in [1.807, 2.05) is 0 Å². The molecule has 0 bridgehead atoms. The summed E-state index contributed by atoms with van der Waals surface area (Å²) in [6, 6.07) is 0. The molecule has 150 valence electrons. The molecule has 0 aromatic heterocycles. The molecule has 12 heteroatoms. The maximum Gasteiger partial charge on any atom is 0.331 e. The van der Waals surface area contributed by atoms with Gasteiger partial charge in [0.2, 0.25) is 0 Å². The van der Waals surface area contributed by atoms with Crippen LogP contribution in [0.1, 0.15) is 32.1 Å². The van der Waals surface area contributed by atoms with Crippen LogP contribution in [0.15, 0.2) is 0 Å². The Morgan fingerprint density at radius 2 is 1.38 bits per heavy atom. The van der Waals surface area contributed by atoms with Gasteiger partial charge in [-0.2, -0.15) is 8.42 Å². The minimum absolute atomic E-state index is 0.0107. The fourth-order valence-corrected chi connectivity index (χ4v) is 1.83. The topological polar surface area (TPSA) is 121 Å². The van der Waals surface area contributed by atoms with Crippen LogP contribution in [0.5, 0.6) is 0 Å². The van der Waals surface area contributed by atoms with Crippen molar-refractivity contribution in [2.24, 2.45) is 11.8 Å². The highest BCUT2D eigenvalue weighted by Gasteiger charge is 2.37. The smallest absolute Gasteiger partial charge is 0.331 e. The lowest BCUT2D eigenvalue weighted by atomic mass is 10.2. The van der Waals surface area contributed by atoms with Crippen LogP contribution in [0.2, 0.25) is 0 Å². The number of hydrogen-bond acceptors (Lipinski definition) is 8. The first kappa shape index (κ1) is 25.1. The van der Waals surface area contributed by atoms with Gasteiger partial charge >= 0.3 is 20.2 Å². The minimum Gasteiger partial charge on any atom is -0.469 e. The average Bonchev–Trinajstić information content (AvgIpc) is 3.41. The first-order valence-corrected chi connectivity index (χ1v) is 11.0. The van der Waals surface area contributed by atoms with Crippen molar-refractivity contribution in [3.05, 3.63) is 0 Å². The van der Waals surface area contributed by atoms with Crippen LogP contribution in [-0.4, -0.2) is 51.5 Å². The highest BCUT2D eigenvalue weighted by molar-refractivity contribution is 8.31. The zero-order chi connectivity index (χ0) is 20.5. The molecule has 2 fully saturated rings. The van der Waals surface area contributed by atoms with Crippen LogP contribution in [0.25, 0.3) is 0 Å². The predicted molar refractivity (Wildman–Crippen MR) is 94.4 cm³/mol. The molecule has 1 atom stereocenters. The SMILES string of the molecule is COC(=O)C(Cl)C(=O)C1CC1.COC(=O)CC(=O)C1CC1.O=S(=O)(Cl)Cl. The number of methoxy groups -OCH3 is 2. The van der Waals surface area contributed by atoms with Crippen LogP contribution in [0.3, 0.4) is 0 Å². The largest absolute Gasteiger partial charge is 0.469 e. The van der Waals surface area contributed by atoms with E-state index in [0.717, 1.165) is 25.7 Å². The van der Waals surface area contributed by atoms with E-state index in [1.54, 1.807) is 0 Å². The van der Waals surface area contributed by atoms with Gasteiger partial charge in [-0.15, -0.1) is 11.6 Å². The molecule has 2 aliphatic rings. The maximum atomic E-state index is 11.1. The summed E-state index contributed by atoms with van der Waals surface area (Å²) in [5.41, 5.74) is 0. The van der Waals surface area contributed by atoms with Gasteiger partial charge in [0.25, 0.3) is 0 Å². The first-order valence-electron chi connectivity index (χ1n) is 7.40. The molecule has 2 rings (SSSR count). The summed E-state index contributed by atoms with van der Waals surface area (Å²) in [5.74, 6) is -1.05. The van der Waals surface area contributed by atoms with Gasteiger partial charge in [0.1, 0.15) is 12.2 Å². The van der Waals surface area contributed by atoms with E-state index in [9.17, 15) is 19.2 Å². The molecule has 26 heavy (non-hydrogen) atoms. The zero-order valence-electron chi connectivity index (χ0n) is 14.1. The molecule has 0 saturated heterocycles. The lowest BCUT2D eigenvalue weighted by Crippen LogP contribution is -2.26. The van der Waals surface area contributed by atoms with Crippen LogP contribution in [0, 0.1) is 11.8 Å². The first-order chi connectivity index (χ1) is 11.9. The Balaban J connectivity index is 0.000000387. The average molecular weight is 454 g/mol. The summed E-state index contributed by atoms with van der Waals surface area (Å²) in [6.07, 6.45) is 3.59. The molecule has 0 radical (unpaired) electrons. The van der Waals surface area contributed by atoms with Crippen molar-refractivity contribution in [3.63, 3.8) is 0 Å². The lowest BCUT2D eigenvalue weighted by Gasteiger charge is -2.03. The van der Waals surface area contributed by atoms with E-state index in [2.05, 4.69) is 30.8 Å². The fraction of sp³-hybridized carbons (Fsp3) is 0.714. The fourth-order valence-electron chi connectivity index (χ4n) is 1.56. The highest BCUT2D eigenvalue weighted by Crippen LogP contribution is 2.32. The number of Topliss-reactive ketones (excluding diaryl/α,β-unsaturated/α-hetero) is 2. The number of carbonyl (C=O) groups is 4. The normalized spacial score (nSPS) is 16.7. The summed E-state index contributed by atoms with van der Waals surface area (Å²) < 4.78 is 27.0.